The van der Waals surface area contributed by atoms with Crippen LogP contribution >= 0.6 is 0 Å². The third-order valence-corrected chi connectivity index (χ3v) is 2.47. The fourth-order valence-electron chi connectivity index (χ4n) is 1.71. The maximum Gasteiger partial charge on any atom is 0.170 e. The smallest absolute Gasteiger partial charge is 0.170 e. The van der Waals surface area contributed by atoms with Gasteiger partial charge in [-0.25, -0.2) is 4.98 Å². The quantitative estimate of drug-likeness (QED) is 0.325. The van der Waals surface area contributed by atoms with Gasteiger partial charge in [-0.05, 0) is 25.1 Å². The summed E-state index contributed by atoms with van der Waals surface area (Å²) < 4.78 is 0. The SMILES string of the molecule is CCNc1ccc2c(/C(N)=N/O)cccc2n1. The van der Waals surface area contributed by atoms with Crippen molar-refractivity contribution in [2.24, 2.45) is 10.9 Å². The molecular formula is C12H14N4O. The molecule has 0 saturated heterocycles. The molecule has 2 rings (SSSR count). The normalized spacial score (nSPS) is 11.7. The van der Waals surface area contributed by atoms with E-state index < -0.39 is 0 Å². The highest BCUT2D eigenvalue weighted by molar-refractivity contribution is 6.08. The maximum atomic E-state index is 8.72. The van der Waals surface area contributed by atoms with Crippen molar-refractivity contribution in [2.75, 3.05) is 11.9 Å². The molecule has 5 heteroatoms. The number of hydrogen-bond acceptors (Lipinski definition) is 4. The summed E-state index contributed by atoms with van der Waals surface area (Å²) in [6, 6.07) is 9.31. The van der Waals surface area contributed by atoms with Crippen LogP contribution < -0.4 is 11.1 Å². The zero-order valence-corrected chi connectivity index (χ0v) is 9.51. The van der Waals surface area contributed by atoms with E-state index in [0.717, 1.165) is 23.3 Å². The Hall–Kier alpha value is -2.30. The predicted octanol–water partition coefficient (Wildman–Crippen LogP) is 1.76. The zero-order chi connectivity index (χ0) is 12.3. The molecule has 0 atom stereocenters. The van der Waals surface area contributed by atoms with E-state index in [1.54, 1.807) is 6.07 Å². The largest absolute Gasteiger partial charge is 0.409 e. The van der Waals surface area contributed by atoms with Crippen LogP contribution in [0, 0.1) is 0 Å². The minimum Gasteiger partial charge on any atom is -0.409 e. The Kier molecular flexibility index (Phi) is 3.09. The summed E-state index contributed by atoms with van der Waals surface area (Å²) in [7, 11) is 0. The lowest BCUT2D eigenvalue weighted by Gasteiger charge is -2.07. The molecule has 0 aliphatic heterocycles. The molecule has 0 amide bonds. The molecule has 2 aromatic rings. The average Bonchev–Trinajstić information content (AvgIpc) is 2.37. The van der Waals surface area contributed by atoms with Crippen LogP contribution in [0.15, 0.2) is 35.5 Å². The van der Waals surface area contributed by atoms with Crippen LogP contribution in [0.5, 0.6) is 0 Å². The van der Waals surface area contributed by atoms with E-state index in [0.29, 0.717) is 5.56 Å². The lowest BCUT2D eigenvalue weighted by Crippen LogP contribution is -2.13. The van der Waals surface area contributed by atoms with Gasteiger partial charge in [0.15, 0.2) is 5.84 Å². The number of amidine groups is 1. The molecule has 0 saturated carbocycles. The topological polar surface area (TPSA) is 83.5 Å². The Bertz CT molecular complexity index is 565. The first-order valence-electron chi connectivity index (χ1n) is 5.37. The molecular weight excluding hydrogens is 216 g/mol. The second-order valence-electron chi connectivity index (χ2n) is 3.58. The van der Waals surface area contributed by atoms with E-state index in [-0.39, 0.29) is 5.84 Å². The van der Waals surface area contributed by atoms with Crippen molar-refractivity contribution in [1.82, 2.24) is 4.98 Å². The van der Waals surface area contributed by atoms with Crippen molar-refractivity contribution in [3.05, 3.63) is 35.9 Å². The summed E-state index contributed by atoms with van der Waals surface area (Å²) in [5.41, 5.74) is 7.11. The summed E-state index contributed by atoms with van der Waals surface area (Å²) in [4.78, 5) is 4.44. The summed E-state index contributed by atoms with van der Waals surface area (Å²) in [5, 5.41) is 15.7. The second-order valence-corrected chi connectivity index (χ2v) is 3.58. The van der Waals surface area contributed by atoms with Crippen LogP contribution in [0.2, 0.25) is 0 Å². The van der Waals surface area contributed by atoms with Crippen LogP contribution in [-0.2, 0) is 0 Å². The summed E-state index contributed by atoms with van der Waals surface area (Å²) in [5.74, 6) is 0.908. The van der Waals surface area contributed by atoms with Gasteiger partial charge in [-0.3, -0.25) is 0 Å². The van der Waals surface area contributed by atoms with Gasteiger partial charge in [-0.1, -0.05) is 17.3 Å². The Labute approximate surface area is 99.0 Å². The minimum atomic E-state index is 0.0913. The van der Waals surface area contributed by atoms with Crippen molar-refractivity contribution >= 4 is 22.6 Å². The lowest BCUT2D eigenvalue weighted by atomic mass is 10.1. The van der Waals surface area contributed by atoms with Gasteiger partial charge < -0.3 is 16.3 Å². The Balaban J connectivity index is 2.59. The molecule has 1 aromatic heterocycles. The highest BCUT2D eigenvalue weighted by Gasteiger charge is 2.06. The number of pyridine rings is 1. The number of anilines is 1. The van der Waals surface area contributed by atoms with E-state index in [1.165, 1.54) is 0 Å². The van der Waals surface area contributed by atoms with Crippen molar-refractivity contribution in [3.8, 4) is 0 Å². The Morgan fingerprint density at radius 1 is 1.41 bits per heavy atom. The molecule has 1 heterocycles. The average molecular weight is 230 g/mol. The summed E-state index contributed by atoms with van der Waals surface area (Å²) >= 11 is 0. The molecule has 0 aliphatic rings. The van der Waals surface area contributed by atoms with E-state index in [1.807, 2.05) is 31.2 Å². The van der Waals surface area contributed by atoms with Gasteiger partial charge in [0, 0.05) is 17.5 Å². The van der Waals surface area contributed by atoms with Crippen LogP contribution in [0.3, 0.4) is 0 Å². The number of nitrogens with two attached hydrogens (primary N) is 1. The number of nitrogens with zero attached hydrogens (tertiary/aromatic N) is 2. The van der Waals surface area contributed by atoms with Crippen molar-refractivity contribution in [2.45, 2.75) is 6.92 Å². The van der Waals surface area contributed by atoms with Gasteiger partial charge in [0.2, 0.25) is 0 Å². The van der Waals surface area contributed by atoms with Gasteiger partial charge in [-0.15, -0.1) is 0 Å². The highest BCUT2D eigenvalue weighted by Crippen LogP contribution is 2.19. The number of aromatic nitrogens is 1. The number of fused-ring (bicyclic) bond motifs is 1. The molecule has 0 radical (unpaired) electrons. The molecule has 0 fully saturated rings. The van der Waals surface area contributed by atoms with Crippen molar-refractivity contribution < 1.29 is 5.21 Å². The van der Waals surface area contributed by atoms with Crippen LogP contribution in [0.25, 0.3) is 10.9 Å². The van der Waals surface area contributed by atoms with Crippen molar-refractivity contribution in [3.63, 3.8) is 0 Å². The first kappa shape index (κ1) is 11.2. The zero-order valence-electron chi connectivity index (χ0n) is 9.51. The molecule has 4 N–H and O–H groups in total. The van der Waals surface area contributed by atoms with E-state index in [9.17, 15) is 0 Å². The number of oxime groups is 1. The van der Waals surface area contributed by atoms with Gasteiger partial charge in [-0.2, -0.15) is 0 Å². The maximum absolute atomic E-state index is 8.72. The Morgan fingerprint density at radius 3 is 2.94 bits per heavy atom. The van der Waals surface area contributed by atoms with Gasteiger partial charge in [0.25, 0.3) is 0 Å². The van der Waals surface area contributed by atoms with Crippen LogP contribution in [0.4, 0.5) is 5.82 Å². The third kappa shape index (κ3) is 2.13. The fourth-order valence-corrected chi connectivity index (χ4v) is 1.71. The second kappa shape index (κ2) is 4.69. The monoisotopic (exact) mass is 230 g/mol. The Morgan fingerprint density at radius 2 is 2.24 bits per heavy atom. The predicted molar refractivity (Wildman–Crippen MR) is 68.4 cm³/mol. The van der Waals surface area contributed by atoms with E-state index >= 15 is 0 Å². The highest BCUT2D eigenvalue weighted by atomic mass is 16.4. The molecule has 88 valence electrons. The molecule has 5 nitrogen and oxygen atoms in total. The standard InChI is InChI=1S/C12H14N4O/c1-2-14-11-7-6-8-9(12(13)16-17)4-3-5-10(8)15-11/h3-7,17H,2H2,1H3,(H2,13,16)(H,14,15). The summed E-state index contributed by atoms with van der Waals surface area (Å²) in [6.45, 7) is 2.83. The van der Waals surface area contributed by atoms with E-state index in [4.69, 9.17) is 10.9 Å². The number of benzene rings is 1. The third-order valence-electron chi connectivity index (χ3n) is 2.47. The fraction of sp³-hybridized carbons (Fsp3) is 0.167. The molecule has 0 aliphatic carbocycles. The molecule has 1 aromatic carbocycles. The van der Waals surface area contributed by atoms with Gasteiger partial charge in [0.05, 0.1) is 5.52 Å². The van der Waals surface area contributed by atoms with Gasteiger partial charge in [0.1, 0.15) is 5.82 Å². The molecule has 0 bridgehead atoms. The summed E-state index contributed by atoms with van der Waals surface area (Å²) in [6.07, 6.45) is 0. The van der Waals surface area contributed by atoms with Crippen molar-refractivity contribution in [1.29, 1.82) is 0 Å². The lowest BCUT2D eigenvalue weighted by molar-refractivity contribution is 0.318. The number of rotatable bonds is 3. The molecule has 0 spiro atoms. The number of hydrogen-bond donors (Lipinski definition) is 3. The first-order chi connectivity index (χ1) is 8.26. The minimum absolute atomic E-state index is 0.0913. The number of nitrogens with one attached hydrogen (secondary N) is 1. The molecule has 0 unspecified atom stereocenters. The van der Waals surface area contributed by atoms with Gasteiger partial charge >= 0.3 is 0 Å². The molecule has 17 heavy (non-hydrogen) atoms. The van der Waals surface area contributed by atoms with Crippen LogP contribution in [-0.4, -0.2) is 22.6 Å². The van der Waals surface area contributed by atoms with Crippen LogP contribution in [0.1, 0.15) is 12.5 Å². The first-order valence-corrected chi connectivity index (χ1v) is 5.37. The van der Waals surface area contributed by atoms with E-state index in [2.05, 4.69) is 15.5 Å².